The summed E-state index contributed by atoms with van der Waals surface area (Å²) >= 11 is 1.73. The molecule has 4 nitrogen and oxygen atoms in total. The predicted octanol–water partition coefficient (Wildman–Crippen LogP) is 4.47. The van der Waals surface area contributed by atoms with Crippen molar-refractivity contribution in [2.45, 2.75) is 25.9 Å². The number of rotatable bonds is 6. The maximum Gasteiger partial charge on any atom is 0.0890 e. The Hall–Kier alpha value is -2.63. The second-order valence-electron chi connectivity index (χ2n) is 6.41. The van der Waals surface area contributed by atoms with E-state index in [9.17, 15) is 0 Å². The molecule has 130 valence electrons. The van der Waals surface area contributed by atoms with Gasteiger partial charge in [-0.05, 0) is 65.1 Å². The monoisotopic (exact) mass is 360 g/mol. The lowest BCUT2D eigenvalue weighted by molar-refractivity contribution is 0.519. The molecule has 1 N–H and O–H groups in total. The van der Waals surface area contributed by atoms with Crippen molar-refractivity contribution in [1.82, 2.24) is 20.3 Å². The maximum atomic E-state index is 4.64. The zero-order valence-electron chi connectivity index (χ0n) is 14.6. The molecule has 0 amide bonds. The van der Waals surface area contributed by atoms with E-state index in [2.05, 4.69) is 68.3 Å². The molecule has 4 aromatic rings. The highest BCUT2D eigenvalue weighted by Crippen LogP contribution is 2.20. The Morgan fingerprint density at radius 3 is 2.62 bits per heavy atom. The number of nitrogens with zero attached hydrogens (tertiary/aromatic N) is 3. The molecule has 26 heavy (non-hydrogen) atoms. The highest BCUT2D eigenvalue weighted by Gasteiger charge is 2.14. The quantitative estimate of drug-likeness (QED) is 0.551. The van der Waals surface area contributed by atoms with E-state index < -0.39 is 0 Å². The van der Waals surface area contributed by atoms with Gasteiger partial charge < -0.3 is 5.32 Å². The van der Waals surface area contributed by atoms with Crippen molar-refractivity contribution in [3.05, 3.63) is 88.1 Å². The van der Waals surface area contributed by atoms with Gasteiger partial charge in [0.15, 0.2) is 0 Å². The van der Waals surface area contributed by atoms with Gasteiger partial charge >= 0.3 is 0 Å². The van der Waals surface area contributed by atoms with E-state index in [1.165, 1.54) is 16.7 Å². The maximum absolute atomic E-state index is 4.64. The summed E-state index contributed by atoms with van der Waals surface area (Å²) in [7, 11) is 0. The summed E-state index contributed by atoms with van der Waals surface area (Å²) in [5, 5.41) is 7.99. The number of hydrogen-bond donors (Lipinski definition) is 1. The molecule has 1 atom stereocenters. The van der Waals surface area contributed by atoms with Crippen LogP contribution < -0.4 is 5.32 Å². The lowest BCUT2D eigenvalue weighted by atomic mass is 10.0. The predicted molar refractivity (Wildman–Crippen MR) is 106 cm³/mol. The molecule has 3 aromatic heterocycles. The first-order valence-electron chi connectivity index (χ1n) is 8.64. The first kappa shape index (κ1) is 16.8. The topological polar surface area (TPSA) is 50.7 Å². The minimum absolute atomic E-state index is 0.169. The second kappa shape index (κ2) is 7.72. The number of nitrogens with one attached hydrogen (secondary N) is 1. The second-order valence-corrected chi connectivity index (χ2v) is 7.19. The highest BCUT2D eigenvalue weighted by molar-refractivity contribution is 7.07. The third-order valence-corrected chi connectivity index (χ3v) is 5.13. The molecule has 0 saturated heterocycles. The van der Waals surface area contributed by atoms with Gasteiger partial charge in [-0.1, -0.05) is 12.1 Å². The minimum atomic E-state index is 0.169. The Morgan fingerprint density at radius 2 is 1.85 bits per heavy atom. The van der Waals surface area contributed by atoms with Crippen molar-refractivity contribution in [3.8, 4) is 0 Å². The number of pyridine rings is 1. The average molecular weight is 360 g/mol. The molecule has 0 bridgehead atoms. The van der Waals surface area contributed by atoms with Crippen molar-refractivity contribution in [3.63, 3.8) is 0 Å². The van der Waals surface area contributed by atoms with E-state index in [1.807, 2.05) is 12.3 Å². The molecule has 0 aliphatic carbocycles. The highest BCUT2D eigenvalue weighted by atomic mass is 32.1. The van der Waals surface area contributed by atoms with E-state index in [-0.39, 0.29) is 6.04 Å². The van der Waals surface area contributed by atoms with E-state index >= 15 is 0 Å². The van der Waals surface area contributed by atoms with E-state index in [4.69, 9.17) is 0 Å². The van der Waals surface area contributed by atoms with Crippen molar-refractivity contribution in [2.24, 2.45) is 0 Å². The molecule has 0 unspecified atom stereocenters. The van der Waals surface area contributed by atoms with E-state index in [0.29, 0.717) is 0 Å². The summed E-state index contributed by atoms with van der Waals surface area (Å²) in [6, 6.07) is 12.8. The summed E-state index contributed by atoms with van der Waals surface area (Å²) in [5.74, 6) is 0. The normalized spacial score (nSPS) is 12.3. The van der Waals surface area contributed by atoms with Crippen molar-refractivity contribution in [2.75, 3.05) is 0 Å². The molecular weight excluding hydrogens is 340 g/mol. The molecule has 0 spiro atoms. The number of thiophene rings is 1. The Balaban J connectivity index is 1.54. The summed E-state index contributed by atoms with van der Waals surface area (Å²) in [6.07, 6.45) is 6.31. The molecule has 4 rings (SSSR count). The third kappa shape index (κ3) is 3.95. The number of aromatic nitrogens is 3. The molecular formula is C21H20N4S. The van der Waals surface area contributed by atoms with Crippen molar-refractivity contribution >= 4 is 22.4 Å². The Bertz CT molecular complexity index is 981. The van der Waals surface area contributed by atoms with Crippen LogP contribution in [0.25, 0.3) is 11.0 Å². The Labute approximate surface area is 157 Å². The number of aryl methyl sites for hydroxylation is 1. The molecule has 0 saturated carbocycles. The zero-order chi connectivity index (χ0) is 17.8. The molecule has 5 heteroatoms. The molecule has 0 radical (unpaired) electrons. The fourth-order valence-corrected chi connectivity index (χ4v) is 3.65. The summed E-state index contributed by atoms with van der Waals surface area (Å²) in [4.78, 5) is 13.4. The van der Waals surface area contributed by atoms with Gasteiger partial charge in [0, 0.05) is 25.1 Å². The molecule has 0 aliphatic rings. The van der Waals surface area contributed by atoms with Crippen LogP contribution in [0.2, 0.25) is 0 Å². The van der Waals surface area contributed by atoms with Crippen LogP contribution in [0.5, 0.6) is 0 Å². The number of benzene rings is 1. The largest absolute Gasteiger partial charge is 0.304 e. The summed E-state index contributed by atoms with van der Waals surface area (Å²) < 4.78 is 0. The van der Waals surface area contributed by atoms with Gasteiger partial charge in [0.25, 0.3) is 0 Å². The fraction of sp³-hybridized carbons (Fsp3) is 0.190. The number of hydrogen-bond acceptors (Lipinski definition) is 5. The zero-order valence-corrected chi connectivity index (χ0v) is 15.4. The SMILES string of the molecule is Cc1ccc([C@@H](Cc2ccsc2)NCc2ccc3nccnc3c2)nc1. The minimum Gasteiger partial charge on any atom is -0.304 e. The van der Waals surface area contributed by atoms with Crippen LogP contribution in [0.3, 0.4) is 0 Å². The van der Waals surface area contributed by atoms with Gasteiger partial charge in [-0.3, -0.25) is 15.0 Å². The van der Waals surface area contributed by atoms with Crippen LogP contribution >= 0.6 is 11.3 Å². The number of fused-ring (bicyclic) bond motifs is 1. The van der Waals surface area contributed by atoms with Crippen molar-refractivity contribution < 1.29 is 0 Å². The van der Waals surface area contributed by atoms with Crippen LogP contribution in [-0.2, 0) is 13.0 Å². The van der Waals surface area contributed by atoms with Crippen LogP contribution in [0.1, 0.15) is 28.4 Å². The fourth-order valence-electron chi connectivity index (χ4n) is 2.97. The van der Waals surface area contributed by atoms with Gasteiger partial charge in [-0.15, -0.1) is 0 Å². The third-order valence-electron chi connectivity index (χ3n) is 4.40. The van der Waals surface area contributed by atoms with Gasteiger partial charge in [0.2, 0.25) is 0 Å². The van der Waals surface area contributed by atoms with Crippen molar-refractivity contribution in [1.29, 1.82) is 0 Å². The van der Waals surface area contributed by atoms with Gasteiger partial charge in [-0.25, -0.2) is 0 Å². The van der Waals surface area contributed by atoms with E-state index in [1.54, 1.807) is 23.7 Å². The molecule has 1 aromatic carbocycles. The van der Waals surface area contributed by atoms with Crippen LogP contribution in [0, 0.1) is 6.92 Å². The van der Waals surface area contributed by atoms with Crippen LogP contribution in [0.4, 0.5) is 0 Å². The Morgan fingerprint density at radius 1 is 0.962 bits per heavy atom. The lowest BCUT2D eigenvalue weighted by Crippen LogP contribution is -2.23. The van der Waals surface area contributed by atoms with Crippen LogP contribution in [0.15, 0.2) is 65.7 Å². The van der Waals surface area contributed by atoms with E-state index in [0.717, 1.165) is 29.7 Å². The molecule has 0 fully saturated rings. The average Bonchev–Trinajstić information content (AvgIpc) is 3.19. The Kier molecular flexibility index (Phi) is 5.00. The summed E-state index contributed by atoms with van der Waals surface area (Å²) in [5.41, 5.74) is 6.62. The van der Waals surface area contributed by atoms with Gasteiger partial charge in [0.05, 0.1) is 22.8 Å². The standard InChI is InChI=1S/C21H20N4S/c1-15-2-4-19(24-12-15)21(11-17-6-9-26-14-17)25-13-16-3-5-18-20(10-16)23-8-7-22-18/h2-10,12,14,21,25H,11,13H2,1H3/t21-/m1/s1. The lowest BCUT2D eigenvalue weighted by Gasteiger charge is -2.18. The van der Waals surface area contributed by atoms with Gasteiger partial charge in [0.1, 0.15) is 0 Å². The molecule has 0 aliphatic heterocycles. The molecule has 3 heterocycles. The summed E-state index contributed by atoms with van der Waals surface area (Å²) in [6.45, 7) is 2.82. The first-order valence-corrected chi connectivity index (χ1v) is 9.59. The van der Waals surface area contributed by atoms with Gasteiger partial charge in [-0.2, -0.15) is 11.3 Å². The first-order chi connectivity index (χ1) is 12.8. The smallest absolute Gasteiger partial charge is 0.0890 e. The van der Waals surface area contributed by atoms with Crippen LogP contribution in [-0.4, -0.2) is 15.0 Å².